The molecule has 0 radical (unpaired) electrons. The Morgan fingerprint density at radius 1 is 1.21 bits per heavy atom. The van der Waals surface area contributed by atoms with E-state index in [1.807, 2.05) is 0 Å². The van der Waals surface area contributed by atoms with Crippen molar-refractivity contribution in [3.63, 3.8) is 0 Å². The second kappa shape index (κ2) is 8.47. The Balaban J connectivity index is 1.49. The molecule has 1 N–H and O–H groups in total. The molecule has 8 nitrogen and oxygen atoms in total. The molecule has 148 valence electrons. The standard InChI is InChI=1S/C21H19N3O5/c1-23-18-8-5-15(12-16(18)13-21(23)27)19(25)10-11-22-20(26)9-4-14-2-6-17(7-3-14)24(28)29/h2-9,12H,10-11,13H2,1H3,(H,22,26)/b9-4+. The minimum absolute atomic E-state index is 0.00308. The van der Waals surface area contributed by atoms with E-state index in [2.05, 4.69) is 5.32 Å². The van der Waals surface area contributed by atoms with E-state index < -0.39 is 4.92 Å². The molecule has 0 spiro atoms. The van der Waals surface area contributed by atoms with Crippen LogP contribution in [0.4, 0.5) is 11.4 Å². The van der Waals surface area contributed by atoms with Gasteiger partial charge in [0.25, 0.3) is 5.69 Å². The summed E-state index contributed by atoms with van der Waals surface area (Å²) in [6.07, 6.45) is 3.27. The Labute approximate surface area is 167 Å². The van der Waals surface area contributed by atoms with Gasteiger partial charge in [-0.25, -0.2) is 0 Å². The van der Waals surface area contributed by atoms with Crippen LogP contribution in [0.15, 0.2) is 48.5 Å². The summed E-state index contributed by atoms with van der Waals surface area (Å²) in [7, 11) is 1.70. The number of non-ortho nitro benzene ring substituents is 1. The van der Waals surface area contributed by atoms with Crippen LogP contribution in [0, 0.1) is 10.1 Å². The first kappa shape index (κ1) is 19.9. The van der Waals surface area contributed by atoms with E-state index in [9.17, 15) is 24.5 Å². The molecule has 1 aliphatic heterocycles. The van der Waals surface area contributed by atoms with Crippen molar-refractivity contribution in [1.82, 2.24) is 5.32 Å². The zero-order valence-corrected chi connectivity index (χ0v) is 15.8. The van der Waals surface area contributed by atoms with Gasteiger partial charge in [-0.15, -0.1) is 0 Å². The van der Waals surface area contributed by atoms with Crippen molar-refractivity contribution in [3.05, 3.63) is 75.3 Å². The molecule has 1 heterocycles. The number of nitrogens with zero attached hydrogens (tertiary/aromatic N) is 2. The number of ketones is 1. The number of benzene rings is 2. The number of carbonyl (C=O) groups is 3. The molecular formula is C21H19N3O5. The summed E-state index contributed by atoms with van der Waals surface area (Å²) < 4.78 is 0. The number of nitro benzene ring substituents is 1. The Bertz CT molecular complexity index is 1010. The Morgan fingerprint density at radius 3 is 2.62 bits per heavy atom. The van der Waals surface area contributed by atoms with Crippen LogP contribution < -0.4 is 10.2 Å². The molecule has 0 saturated carbocycles. The minimum Gasteiger partial charge on any atom is -0.352 e. The quantitative estimate of drug-likeness (QED) is 0.336. The highest BCUT2D eigenvalue weighted by atomic mass is 16.6. The van der Waals surface area contributed by atoms with Crippen molar-refractivity contribution in [3.8, 4) is 0 Å². The number of rotatable bonds is 7. The average molecular weight is 393 g/mol. The molecule has 1 aliphatic rings. The third kappa shape index (κ3) is 4.73. The maximum Gasteiger partial charge on any atom is 0.269 e. The fraction of sp³-hybridized carbons (Fsp3) is 0.190. The molecule has 0 atom stereocenters. The average Bonchev–Trinajstić information content (AvgIpc) is 2.99. The second-order valence-electron chi connectivity index (χ2n) is 6.62. The first-order chi connectivity index (χ1) is 13.8. The van der Waals surface area contributed by atoms with Gasteiger partial charge in [0.15, 0.2) is 5.78 Å². The summed E-state index contributed by atoms with van der Waals surface area (Å²) in [6.45, 7) is 0.179. The SMILES string of the molecule is CN1C(=O)Cc2cc(C(=O)CCNC(=O)/C=C/c3ccc([N+](=O)[O-])cc3)ccc21. The predicted octanol–water partition coefficient (Wildman–Crippen LogP) is 2.52. The fourth-order valence-corrected chi connectivity index (χ4v) is 3.03. The van der Waals surface area contributed by atoms with Crippen LogP contribution in [0.5, 0.6) is 0 Å². The van der Waals surface area contributed by atoms with E-state index in [1.165, 1.54) is 24.3 Å². The van der Waals surface area contributed by atoms with Gasteiger partial charge in [0, 0.05) is 49.5 Å². The van der Waals surface area contributed by atoms with Crippen LogP contribution in [-0.4, -0.2) is 36.1 Å². The van der Waals surface area contributed by atoms with Gasteiger partial charge >= 0.3 is 0 Å². The zero-order chi connectivity index (χ0) is 21.0. The van der Waals surface area contributed by atoms with E-state index in [1.54, 1.807) is 42.3 Å². The van der Waals surface area contributed by atoms with Crippen LogP contribution >= 0.6 is 0 Å². The van der Waals surface area contributed by atoms with Gasteiger partial charge in [-0.1, -0.05) is 0 Å². The Morgan fingerprint density at radius 2 is 1.93 bits per heavy atom. The van der Waals surface area contributed by atoms with E-state index in [4.69, 9.17) is 0 Å². The molecule has 3 rings (SSSR count). The first-order valence-corrected chi connectivity index (χ1v) is 8.98. The molecule has 0 aliphatic carbocycles. The summed E-state index contributed by atoms with van der Waals surface area (Å²) in [6, 6.07) is 11.0. The molecule has 0 unspecified atom stereocenters. The molecule has 2 aromatic rings. The van der Waals surface area contributed by atoms with Crippen LogP contribution in [-0.2, 0) is 16.0 Å². The maximum atomic E-state index is 12.3. The number of nitrogens with one attached hydrogen (secondary N) is 1. The highest BCUT2D eigenvalue weighted by Crippen LogP contribution is 2.28. The van der Waals surface area contributed by atoms with Gasteiger partial charge in [-0.3, -0.25) is 24.5 Å². The van der Waals surface area contributed by atoms with Gasteiger partial charge in [0.2, 0.25) is 11.8 Å². The molecular weight excluding hydrogens is 374 g/mol. The van der Waals surface area contributed by atoms with E-state index >= 15 is 0 Å². The molecule has 2 aromatic carbocycles. The van der Waals surface area contributed by atoms with E-state index in [0.717, 1.165) is 11.3 Å². The lowest BCUT2D eigenvalue weighted by atomic mass is 10.0. The number of nitro groups is 1. The number of fused-ring (bicyclic) bond motifs is 1. The summed E-state index contributed by atoms with van der Waals surface area (Å²) in [5.74, 6) is -0.483. The molecule has 0 bridgehead atoms. The molecule has 2 amide bonds. The summed E-state index contributed by atoms with van der Waals surface area (Å²) in [5, 5.41) is 13.2. The lowest BCUT2D eigenvalue weighted by molar-refractivity contribution is -0.384. The largest absolute Gasteiger partial charge is 0.352 e. The molecule has 8 heteroatoms. The van der Waals surface area contributed by atoms with Crippen LogP contribution in [0.2, 0.25) is 0 Å². The van der Waals surface area contributed by atoms with Crippen molar-refractivity contribution in [2.24, 2.45) is 0 Å². The number of likely N-dealkylation sites (N-methyl/N-ethyl adjacent to an activating group) is 1. The molecule has 29 heavy (non-hydrogen) atoms. The third-order valence-electron chi connectivity index (χ3n) is 4.66. The predicted molar refractivity (Wildman–Crippen MR) is 108 cm³/mol. The molecule has 0 fully saturated rings. The van der Waals surface area contributed by atoms with Crippen LogP contribution in [0.3, 0.4) is 0 Å². The highest BCUT2D eigenvalue weighted by Gasteiger charge is 2.24. The van der Waals surface area contributed by atoms with Gasteiger partial charge in [-0.2, -0.15) is 0 Å². The van der Waals surface area contributed by atoms with Gasteiger partial charge < -0.3 is 10.2 Å². The van der Waals surface area contributed by atoms with Crippen molar-refractivity contribution in [1.29, 1.82) is 0 Å². The third-order valence-corrected chi connectivity index (χ3v) is 4.66. The zero-order valence-electron chi connectivity index (χ0n) is 15.8. The van der Waals surface area contributed by atoms with Crippen LogP contribution in [0.25, 0.3) is 6.08 Å². The van der Waals surface area contributed by atoms with E-state index in [0.29, 0.717) is 11.1 Å². The van der Waals surface area contributed by atoms with Crippen LogP contribution in [0.1, 0.15) is 27.9 Å². The smallest absolute Gasteiger partial charge is 0.269 e. The molecule has 0 saturated heterocycles. The number of Topliss-reactive ketones (excluding diaryl/α,β-unsaturated/α-hetero) is 1. The molecule has 0 aromatic heterocycles. The number of amides is 2. The number of hydrogen-bond donors (Lipinski definition) is 1. The number of carbonyl (C=O) groups excluding carboxylic acids is 3. The lowest BCUT2D eigenvalue weighted by Gasteiger charge is -2.10. The number of anilines is 1. The normalized spacial score (nSPS) is 12.9. The second-order valence-corrected chi connectivity index (χ2v) is 6.62. The number of hydrogen-bond acceptors (Lipinski definition) is 5. The lowest BCUT2D eigenvalue weighted by Crippen LogP contribution is -2.24. The fourth-order valence-electron chi connectivity index (χ4n) is 3.03. The van der Waals surface area contributed by atoms with E-state index in [-0.39, 0.29) is 42.7 Å². The summed E-state index contributed by atoms with van der Waals surface area (Å²) in [4.78, 5) is 47.6. The van der Waals surface area contributed by atoms with Crippen molar-refractivity contribution >= 4 is 35.0 Å². The summed E-state index contributed by atoms with van der Waals surface area (Å²) in [5.41, 5.74) is 2.80. The monoisotopic (exact) mass is 393 g/mol. The summed E-state index contributed by atoms with van der Waals surface area (Å²) >= 11 is 0. The minimum atomic E-state index is -0.492. The van der Waals surface area contributed by atoms with Gasteiger partial charge in [0.05, 0.1) is 11.3 Å². The van der Waals surface area contributed by atoms with Crippen molar-refractivity contribution in [2.75, 3.05) is 18.5 Å². The Kier molecular flexibility index (Phi) is 5.82. The van der Waals surface area contributed by atoms with Gasteiger partial charge in [0.1, 0.15) is 0 Å². The van der Waals surface area contributed by atoms with Crippen molar-refractivity contribution in [2.45, 2.75) is 12.8 Å². The van der Waals surface area contributed by atoms with Gasteiger partial charge in [-0.05, 0) is 47.5 Å². The maximum absolute atomic E-state index is 12.3. The first-order valence-electron chi connectivity index (χ1n) is 8.98. The topological polar surface area (TPSA) is 110 Å². The highest BCUT2D eigenvalue weighted by molar-refractivity contribution is 6.03. The van der Waals surface area contributed by atoms with Crippen molar-refractivity contribution < 1.29 is 19.3 Å². The Hall–Kier alpha value is -3.81.